The molecule has 1 heterocycles. The minimum absolute atomic E-state index is 0.251. The summed E-state index contributed by atoms with van der Waals surface area (Å²) in [6, 6.07) is 10.9. The molecule has 6 heteroatoms. The third kappa shape index (κ3) is 4.18. The Bertz CT molecular complexity index is 626. The Hall–Kier alpha value is -2.63. The first-order valence-corrected chi connectivity index (χ1v) is 7.23. The summed E-state index contributed by atoms with van der Waals surface area (Å²) in [7, 11) is 0. The van der Waals surface area contributed by atoms with Crippen LogP contribution in [0.1, 0.15) is 31.3 Å². The van der Waals surface area contributed by atoms with Gasteiger partial charge >= 0.3 is 0 Å². The predicted molar refractivity (Wildman–Crippen MR) is 86.4 cm³/mol. The molecule has 22 heavy (non-hydrogen) atoms. The largest absolute Gasteiger partial charge is 0.492 e. The summed E-state index contributed by atoms with van der Waals surface area (Å²) in [4.78, 5) is 12.2. The SMILES string of the molecule is CCOc1ccccc1NC(=O)c1ccc(NC(C)C)nn1. The molecular formula is C16H20N4O2. The van der Waals surface area contributed by atoms with Crippen molar-refractivity contribution in [2.24, 2.45) is 0 Å². The highest BCUT2D eigenvalue weighted by Gasteiger charge is 2.11. The number of anilines is 2. The number of ether oxygens (including phenoxy) is 1. The van der Waals surface area contributed by atoms with Gasteiger partial charge in [0, 0.05) is 6.04 Å². The van der Waals surface area contributed by atoms with E-state index in [-0.39, 0.29) is 17.6 Å². The molecule has 2 N–H and O–H groups in total. The number of amides is 1. The zero-order valence-corrected chi connectivity index (χ0v) is 13.0. The summed E-state index contributed by atoms with van der Waals surface area (Å²) in [5.41, 5.74) is 0.862. The van der Waals surface area contributed by atoms with Crippen molar-refractivity contribution in [1.29, 1.82) is 0 Å². The molecule has 1 aromatic carbocycles. The second kappa shape index (κ2) is 7.40. The minimum Gasteiger partial charge on any atom is -0.492 e. The van der Waals surface area contributed by atoms with E-state index in [0.717, 1.165) is 0 Å². The Labute approximate surface area is 129 Å². The van der Waals surface area contributed by atoms with Crippen LogP contribution in [0, 0.1) is 0 Å². The highest BCUT2D eigenvalue weighted by molar-refractivity contribution is 6.03. The first kappa shape index (κ1) is 15.8. The fourth-order valence-electron chi connectivity index (χ4n) is 1.86. The third-order valence-electron chi connectivity index (χ3n) is 2.77. The standard InChI is InChI=1S/C16H20N4O2/c1-4-22-14-8-6-5-7-12(14)18-16(21)13-9-10-15(20-19-13)17-11(2)3/h5-11H,4H2,1-3H3,(H,17,20)(H,18,21). The molecule has 2 rings (SSSR count). The summed E-state index contributed by atoms with van der Waals surface area (Å²) < 4.78 is 5.48. The highest BCUT2D eigenvalue weighted by Crippen LogP contribution is 2.24. The third-order valence-corrected chi connectivity index (χ3v) is 2.77. The van der Waals surface area contributed by atoms with E-state index >= 15 is 0 Å². The van der Waals surface area contributed by atoms with Gasteiger partial charge in [0.15, 0.2) is 5.69 Å². The Morgan fingerprint density at radius 2 is 1.95 bits per heavy atom. The number of nitrogens with zero attached hydrogens (tertiary/aromatic N) is 2. The van der Waals surface area contributed by atoms with Crippen molar-refractivity contribution in [2.45, 2.75) is 26.8 Å². The quantitative estimate of drug-likeness (QED) is 0.857. The molecular weight excluding hydrogens is 280 g/mol. The van der Waals surface area contributed by atoms with Gasteiger partial charge in [0.05, 0.1) is 12.3 Å². The zero-order chi connectivity index (χ0) is 15.9. The van der Waals surface area contributed by atoms with Crippen molar-refractivity contribution in [3.05, 3.63) is 42.1 Å². The fourth-order valence-corrected chi connectivity index (χ4v) is 1.86. The molecule has 0 unspecified atom stereocenters. The molecule has 0 aliphatic heterocycles. The van der Waals surface area contributed by atoms with Crippen LogP contribution in [0.3, 0.4) is 0 Å². The number of carbonyl (C=O) groups excluding carboxylic acids is 1. The summed E-state index contributed by atoms with van der Waals surface area (Å²) in [6.45, 7) is 6.44. The molecule has 0 fully saturated rings. The van der Waals surface area contributed by atoms with E-state index in [1.54, 1.807) is 24.3 Å². The number of aromatic nitrogens is 2. The summed E-state index contributed by atoms with van der Waals surface area (Å²) >= 11 is 0. The topological polar surface area (TPSA) is 76.1 Å². The smallest absolute Gasteiger partial charge is 0.276 e. The van der Waals surface area contributed by atoms with Gasteiger partial charge < -0.3 is 15.4 Å². The lowest BCUT2D eigenvalue weighted by molar-refractivity contribution is 0.102. The zero-order valence-electron chi connectivity index (χ0n) is 13.0. The van der Waals surface area contributed by atoms with Crippen molar-refractivity contribution >= 4 is 17.4 Å². The number of carbonyl (C=O) groups is 1. The van der Waals surface area contributed by atoms with Gasteiger partial charge in [0.25, 0.3) is 5.91 Å². The second-order valence-electron chi connectivity index (χ2n) is 4.99. The molecule has 0 saturated heterocycles. The van der Waals surface area contributed by atoms with Gasteiger partial charge in [-0.15, -0.1) is 10.2 Å². The number of hydrogen-bond donors (Lipinski definition) is 2. The highest BCUT2D eigenvalue weighted by atomic mass is 16.5. The van der Waals surface area contributed by atoms with Crippen LogP contribution in [0.25, 0.3) is 0 Å². The average molecular weight is 300 g/mol. The molecule has 1 amide bonds. The Morgan fingerprint density at radius 3 is 2.59 bits per heavy atom. The van der Waals surface area contributed by atoms with E-state index in [4.69, 9.17) is 4.74 Å². The molecule has 0 spiro atoms. The molecule has 0 radical (unpaired) electrons. The second-order valence-corrected chi connectivity index (χ2v) is 4.99. The predicted octanol–water partition coefficient (Wildman–Crippen LogP) is 2.95. The van der Waals surface area contributed by atoms with E-state index in [1.165, 1.54) is 0 Å². The van der Waals surface area contributed by atoms with E-state index in [9.17, 15) is 4.79 Å². The van der Waals surface area contributed by atoms with Gasteiger partial charge in [-0.05, 0) is 45.0 Å². The van der Waals surface area contributed by atoms with Crippen LogP contribution < -0.4 is 15.4 Å². The number of nitrogens with one attached hydrogen (secondary N) is 2. The number of rotatable bonds is 6. The summed E-state index contributed by atoms with van der Waals surface area (Å²) in [5, 5.41) is 13.8. The molecule has 116 valence electrons. The number of para-hydroxylation sites is 2. The van der Waals surface area contributed by atoms with E-state index in [2.05, 4.69) is 20.8 Å². The Balaban J connectivity index is 2.09. The Morgan fingerprint density at radius 1 is 1.18 bits per heavy atom. The molecule has 0 atom stereocenters. The number of hydrogen-bond acceptors (Lipinski definition) is 5. The molecule has 0 aliphatic carbocycles. The van der Waals surface area contributed by atoms with Gasteiger partial charge in [0.2, 0.25) is 0 Å². The molecule has 0 saturated carbocycles. The fraction of sp³-hybridized carbons (Fsp3) is 0.312. The maximum absolute atomic E-state index is 12.2. The van der Waals surface area contributed by atoms with E-state index in [1.807, 2.05) is 32.9 Å². The van der Waals surface area contributed by atoms with E-state index < -0.39 is 0 Å². The van der Waals surface area contributed by atoms with Gasteiger partial charge in [0.1, 0.15) is 11.6 Å². The van der Waals surface area contributed by atoms with Crippen LogP contribution in [-0.2, 0) is 0 Å². The lowest BCUT2D eigenvalue weighted by Crippen LogP contribution is -2.16. The first-order chi connectivity index (χ1) is 10.6. The van der Waals surface area contributed by atoms with Crippen LogP contribution in [0.4, 0.5) is 11.5 Å². The molecule has 2 aromatic rings. The van der Waals surface area contributed by atoms with Crippen LogP contribution in [-0.4, -0.2) is 28.8 Å². The van der Waals surface area contributed by atoms with Crippen LogP contribution in [0.2, 0.25) is 0 Å². The van der Waals surface area contributed by atoms with Crippen molar-refractivity contribution in [3.8, 4) is 5.75 Å². The maximum atomic E-state index is 12.2. The summed E-state index contributed by atoms with van der Waals surface area (Å²) in [6.07, 6.45) is 0. The summed E-state index contributed by atoms with van der Waals surface area (Å²) in [5.74, 6) is 0.946. The van der Waals surface area contributed by atoms with Crippen LogP contribution >= 0.6 is 0 Å². The van der Waals surface area contributed by atoms with Crippen molar-refractivity contribution in [3.63, 3.8) is 0 Å². The first-order valence-electron chi connectivity index (χ1n) is 7.23. The molecule has 0 aliphatic rings. The monoisotopic (exact) mass is 300 g/mol. The van der Waals surface area contributed by atoms with Crippen molar-refractivity contribution in [2.75, 3.05) is 17.2 Å². The van der Waals surface area contributed by atoms with Gasteiger partial charge in [-0.3, -0.25) is 4.79 Å². The maximum Gasteiger partial charge on any atom is 0.276 e. The van der Waals surface area contributed by atoms with Gasteiger partial charge in [-0.2, -0.15) is 0 Å². The molecule has 6 nitrogen and oxygen atoms in total. The van der Waals surface area contributed by atoms with E-state index in [0.29, 0.717) is 23.9 Å². The average Bonchev–Trinajstić information content (AvgIpc) is 2.49. The lowest BCUT2D eigenvalue weighted by atomic mass is 10.2. The molecule has 1 aromatic heterocycles. The lowest BCUT2D eigenvalue weighted by Gasteiger charge is -2.11. The normalized spacial score (nSPS) is 10.4. The van der Waals surface area contributed by atoms with Crippen molar-refractivity contribution < 1.29 is 9.53 Å². The van der Waals surface area contributed by atoms with Gasteiger partial charge in [-0.1, -0.05) is 12.1 Å². The van der Waals surface area contributed by atoms with Crippen LogP contribution in [0.5, 0.6) is 5.75 Å². The molecule has 0 bridgehead atoms. The van der Waals surface area contributed by atoms with Gasteiger partial charge in [-0.25, -0.2) is 0 Å². The Kier molecular flexibility index (Phi) is 5.30. The minimum atomic E-state index is -0.323. The van der Waals surface area contributed by atoms with Crippen LogP contribution in [0.15, 0.2) is 36.4 Å². The number of benzene rings is 1. The van der Waals surface area contributed by atoms with Crippen molar-refractivity contribution in [1.82, 2.24) is 10.2 Å².